The van der Waals surface area contributed by atoms with Crippen molar-refractivity contribution >= 4 is 5.91 Å². The third kappa shape index (κ3) is 4.96. The molecule has 2 aliphatic rings. The van der Waals surface area contributed by atoms with Crippen molar-refractivity contribution in [3.8, 4) is 0 Å². The van der Waals surface area contributed by atoms with Crippen LogP contribution in [0.5, 0.6) is 0 Å². The zero-order chi connectivity index (χ0) is 17.8. The van der Waals surface area contributed by atoms with E-state index in [1.807, 2.05) is 6.08 Å². The highest BCUT2D eigenvalue weighted by Gasteiger charge is 2.46. The number of rotatable bonds is 5. The van der Waals surface area contributed by atoms with E-state index in [1.54, 1.807) is 0 Å². The Kier molecular flexibility index (Phi) is 6.31. The number of piperidine rings is 2. The van der Waals surface area contributed by atoms with Gasteiger partial charge in [0.15, 0.2) is 0 Å². The van der Waals surface area contributed by atoms with Crippen LogP contribution in [0.3, 0.4) is 0 Å². The normalized spacial score (nSPS) is 29.0. The highest BCUT2D eigenvalue weighted by molar-refractivity contribution is 5.76. The van der Waals surface area contributed by atoms with Gasteiger partial charge in [0.1, 0.15) is 0 Å². The second-order valence-corrected chi connectivity index (χ2v) is 7.05. The number of amides is 1. The fourth-order valence-electron chi connectivity index (χ4n) is 3.89. The fraction of sp³-hybridized carbons (Fsp3) is 0.824. The Bertz CT molecular complexity index is 456. The number of carbonyl (C=O) groups is 1. The van der Waals surface area contributed by atoms with E-state index in [1.165, 1.54) is 4.90 Å². The molecule has 0 aromatic rings. The number of nitrogens with zero attached hydrogens (tertiary/aromatic N) is 2. The number of carbonyl (C=O) groups excluding carboxylic acids is 1. The van der Waals surface area contributed by atoms with Gasteiger partial charge in [0, 0.05) is 44.6 Å². The number of halogens is 3. The third-order valence-corrected chi connectivity index (χ3v) is 5.20. The Morgan fingerprint density at radius 1 is 1.33 bits per heavy atom. The fourth-order valence-corrected chi connectivity index (χ4v) is 3.89. The summed E-state index contributed by atoms with van der Waals surface area (Å²) in [5.41, 5.74) is -0.411. The lowest BCUT2D eigenvalue weighted by Gasteiger charge is -2.51. The van der Waals surface area contributed by atoms with E-state index >= 15 is 0 Å². The highest BCUT2D eigenvalue weighted by Crippen LogP contribution is 2.39. The summed E-state index contributed by atoms with van der Waals surface area (Å²) < 4.78 is 37.0. The van der Waals surface area contributed by atoms with Crippen LogP contribution in [0.15, 0.2) is 12.7 Å². The first-order valence-corrected chi connectivity index (χ1v) is 8.62. The smallest absolute Gasteiger partial charge is 0.389 e. The van der Waals surface area contributed by atoms with E-state index in [0.717, 1.165) is 32.4 Å². The molecule has 0 saturated carbocycles. The van der Waals surface area contributed by atoms with Crippen molar-refractivity contribution in [3.63, 3.8) is 0 Å². The first kappa shape index (κ1) is 19.2. The minimum atomic E-state index is -4.31. The highest BCUT2D eigenvalue weighted by atomic mass is 19.4. The molecule has 1 amide bonds. The predicted molar refractivity (Wildman–Crippen MR) is 85.4 cm³/mol. The Labute approximate surface area is 141 Å². The van der Waals surface area contributed by atoms with E-state index in [-0.39, 0.29) is 0 Å². The zero-order valence-electron chi connectivity index (χ0n) is 14.0. The number of alkyl halides is 3. The molecule has 2 heterocycles. The van der Waals surface area contributed by atoms with Crippen LogP contribution >= 0.6 is 0 Å². The Morgan fingerprint density at radius 3 is 2.75 bits per heavy atom. The van der Waals surface area contributed by atoms with E-state index < -0.39 is 36.4 Å². The van der Waals surface area contributed by atoms with Gasteiger partial charge in [0.25, 0.3) is 0 Å². The second-order valence-electron chi connectivity index (χ2n) is 7.05. The summed E-state index contributed by atoms with van der Waals surface area (Å²) in [6.07, 6.45) is -1.51. The molecule has 2 aliphatic heterocycles. The van der Waals surface area contributed by atoms with Gasteiger partial charge in [-0.15, -0.1) is 6.58 Å². The lowest BCUT2D eigenvalue weighted by atomic mass is 9.71. The average molecular weight is 348 g/mol. The first-order chi connectivity index (χ1) is 11.3. The molecule has 4 nitrogen and oxygen atoms in total. The molecule has 1 spiro atoms. The largest absolute Gasteiger partial charge is 0.392 e. The first-order valence-electron chi connectivity index (χ1n) is 8.62. The molecule has 1 N–H and O–H groups in total. The van der Waals surface area contributed by atoms with Crippen LogP contribution in [-0.2, 0) is 4.79 Å². The van der Waals surface area contributed by atoms with Gasteiger partial charge in [-0.05, 0) is 25.7 Å². The Morgan fingerprint density at radius 2 is 2.08 bits per heavy atom. The summed E-state index contributed by atoms with van der Waals surface area (Å²) in [4.78, 5) is 15.9. The van der Waals surface area contributed by atoms with E-state index in [0.29, 0.717) is 26.1 Å². The molecule has 24 heavy (non-hydrogen) atoms. The molecule has 0 radical (unpaired) electrons. The maximum atomic E-state index is 12.3. The molecule has 0 aromatic heterocycles. The van der Waals surface area contributed by atoms with Gasteiger partial charge in [0.05, 0.1) is 12.5 Å². The van der Waals surface area contributed by atoms with Gasteiger partial charge in [0.2, 0.25) is 5.91 Å². The number of hydrogen-bond acceptors (Lipinski definition) is 3. The van der Waals surface area contributed by atoms with Crippen molar-refractivity contribution in [2.45, 2.75) is 50.8 Å². The number of aliphatic hydroxyl groups excluding tert-OH is 1. The second kappa shape index (κ2) is 7.87. The summed E-state index contributed by atoms with van der Waals surface area (Å²) in [5, 5.41) is 10.5. The molecule has 0 bridgehead atoms. The quantitative estimate of drug-likeness (QED) is 0.777. The van der Waals surface area contributed by atoms with Crippen LogP contribution in [0.25, 0.3) is 0 Å². The summed E-state index contributed by atoms with van der Waals surface area (Å²) in [5.74, 6) is -0.457. The Hall–Kier alpha value is -1.08. The zero-order valence-corrected chi connectivity index (χ0v) is 14.0. The van der Waals surface area contributed by atoms with Crippen LogP contribution in [0.2, 0.25) is 0 Å². The van der Waals surface area contributed by atoms with Crippen LogP contribution in [-0.4, -0.2) is 65.8 Å². The van der Waals surface area contributed by atoms with Gasteiger partial charge in [-0.3, -0.25) is 4.79 Å². The predicted octanol–water partition coefficient (Wildman–Crippen LogP) is 2.58. The van der Waals surface area contributed by atoms with Crippen molar-refractivity contribution in [2.75, 3.05) is 32.7 Å². The van der Waals surface area contributed by atoms with Gasteiger partial charge in [-0.2, -0.15) is 13.2 Å². The molecule has 138 valence electrons. The molecule has 0 aromatic carbocycles. The topological polar surface area (TPSA) is 43.8 Å². The maximum Gasteiger partial charge on any atom is 0.389 e. The molecule has 7 heteroatoms. The van der Waals surface area contributed by atoms with Crippen LogP contribution in [0.1, 0.15) is 38.5 Å². The Balaban J connectivity index is 1.98. The van der Waals surface area contributed by atoms with Crippen molar-refractivity contribution in [2.24, 2.45) is 5.41 Å². The number of likely N-dealkylation sites (tertiary alicyclic amines) is 2. The minimum Gasteiger partial charge on any atom is -0.392 e. The lowest BCUT2D eigenvalue weighted by Crippen LogP contribution is -2.59. The molecule has 0 unspecified atom stereocenters. The van der Waals surface area contributed by atoms with Gasteiger partial charge >= 0.3 is 6.18 Å². The van der Waals surface area contributed by atoms with Gasteiger partial charge in [-0.1, -0.05) is 6.08 Å². The van der Waals surface area contributed by atoms with Crippen LogP contribution in [0.4, 0.5) is 13.2 Å². The molecule has 2 atom stereocenters. The molecule has 2 rings (SSSR count). The van der Waals surface area contributed by atoms with E-state index in [9.17, 15) is 23.1 Å². The van der Waals surface area contributed by atoms with Crippen molar-refractivity contribution < 1.29 is 23.1 Å². The van der Waals surface area contributed by atoms with Gasteiger partial charge < -0.3 is 14.9 Å². The van der Waals surface area contributed by atoms with Crippen molar-refractivity contribution in [3.05, 3.63) is 12.7 Å². The standard InChI is InChI=1S/C17H27F3N2O2/c1-2-3-9-21-11-6-14(23)16(12-21)7-4-10-22(13-16)15(24)5-8-17(18,19)20/h2,14,23H,1,3-13H2/t14-,16-/m1/s1. The number of aliphatic hydroxyl groups is 1. The molecule has 2 saturated heterocycles. The summed E-state index contributed by atoms with van der Waals surface area (Å²) in [6, 6.07) is 0. The van der Waals surface area contributed by atoms with Crippen LogP contribution < -0.4 is 0 Å². The monoisotopic (exact) mass is 348 g/mol. The summed E-state index contributed by atoms with van der Waals surface area (Å²) in [7, 11) is 0. The molecule has 0 aliphatic carbocycles. The average Bonchev–Trinajstić information content (AvgIpc) is 2.53. The maximum absolute atomic E-state index is 12.3. The summed E-state index contributed by atoms with van der Waals surface area (Å²) in [6.45, 7) is 6.91. The minimum absolute atomic E-state index is 0.357. The SMILES string of the molecule is C=CCCN1CC[C@@H](O)[C@]2(CCCN(C(=O)CCC(F)(F)F)C2)C1. The molecular weight excluding hydrogens is 321 g/mol. The summed E-state index contributed by atoms with van der Waals surface area (Å²) >= 11 is 0. The van der Waals surface area contributed by atoms with Crippen molar-refractivity contribution in [1.29, 1.82) is 0 Å². The number of hydrogen-bond donors (Lipinski definition) is 1. The molecular formula is C17H27F3N2O2. The third-order valence-electron chi connectivity index (χ3n) is 5.20. The molecule has 2 fully saturated rings. The van der Waals surface area contributed by atoms with Gasteiger partial charge in [-0.25, -0.2) is 0 Å². The van der Waals surface area contributed by atoms with Crippen LogP contribution in [0, 0.1) is 5.41 Å². The van der Waals surface area contributed by atoms with E-state index in [4.69, 9.17) is 0 Å². The van der Waals surface area contributed by atoms with E-state index in [2.05, 4.69) is 11.5 Å². The lowest BCUT2D eigenvalue weighted by molar-refractivity contribution is -0.154. The van der Waals surface area contributed by atoms with Crippen molar-refractivity contribution in [1.82, 2.24) is 9.80 Å².